The molecule has 0 unspecified atom stereocenters. The monoisotopic (exact) mass is 385 g/mol. The van der Waals surface area contributed by atoms with Crippen LogP contribution in [0.5, 0.6) is 5.75 Å². The van der Waals surface area contributed by atoms with Crippen LogP contribution in [0.2, 0.25) is 0 Å². The van der Waals surface area contributed by atoms with Gasteiger partial charge in [-0.15, -0.1) is 0 Å². The smallest absolute Gasteiger partial charge is 0.267 e. The van der Waals surface area contributed by atoms with E-state index in [1.165, 1.54) is 10.7 Å². The number of nitrogens with zero attached hydrogens (tertiary/aromatic N) is 4. The number of piperazine rings is 1. The number of amides is 1. The number of rotatable bonds is 7. The zero-order valence-electron chi connectivity index (χ0n) is 16.4. The van der Waals surface area contributed by atoms with Crippen LogP contribution in [-0.4, -0.2) is 55.5 Å². The number of nitrogens with one attached hydrogen (secondary N) is 1. The molecule has 0 radical (unpaired) electrons. The van der Waals surface area contributed by atoms with Crippen LogP contribution in [0.4, 0.5) is 11.5 Å². The Morgan fingerprint density at radius 2 is 1.82 bits per heavy atom. The molecule has 1 aliphatic heterocycles. The summed E-state index contributed by atoms with van der Waals surface area (Å²) in [6.07, 6.45) is 0.852. The van der Waals surface area contributed by atoms with Gasteiger partial charge in [-0.1, -0.05) is 19.1 Å². The lowest BCUT2D eigenvalue weighted by Crippen LogP contribution is -2.47. The van der Waals surface area contributed by atoms with Crippen molar-refractivity contribution in [3.63, 3.8) is 0 Å². The molecule has 1 aromatic carbocycles. The number of carbonyl (C=O) groups excluding carboxylic acids is 1. The quantitative estimate of drug-likeness (QED) is 0.769. The number of hydrogen-bond acceptors (Lipinski definition) is 6. The van der Waals surface area contributed by atoms with Crippen LogP contribution >= 0.6 is 0 Å². The highest BCUT2D eigenvalue weighted by Crippen LogP contribution is 2.28. The molecular weight excluding hydrogens is 358 g/mol. The molecule has 3 rings (SSSR count). The second-order valence-electron chi connectivity index (χ2n) is 6.68. The normalized spacial score (nSPS) is 14.1. The highest BCUT2D eigenvalue weighted by molar-refractivity contribution is 5.75. The van der Waals surface area contributed by atoms with Crippen LogP contribution in [-0.2, 0) is 11.3 Å². The van der Waals surface area contributed by atoms with Gasteiger partial charge in [0.25, 0.3) is 5.56 Å². The van der Waals surface area contributed by atoms with E-state index in [2.05, 4.69) is 26.3 Å². The van der Waals surface area contributed by atoms with E-state index in [1.54, 1.807) is 13.2 Å². The first kappa shape index (κ1) is 19.7. The minimum absolute atomic E-state index is 0.0617. The van der Waals surface area contributed by atoms with Crippen molar-refractivity contribution < 1.29 is 9.53 Å². The average molecular weight is 385 g/mol. The van der Waals surface area contributed by atoms with Crippen LogP contribution in [0, 0.1) is 0 Å². The largest absolute Gasteiger partial charge is 0.495 e. The second kappa shape index (κ2) is 9.25. The molecule has 150 valence electrons. The Morgan fingerprint density at radius 3 is 2.54 bits per heavy atom. The number of benzene rings is 1. The van der Waals surface area contributed by atoms with Gasteiger partial charge in [0, 0.05) is 38.8 Å². The fourth-order valence-electron chi connectivity index (χ4n) is 3.24. The molecule has 2 heterocycles. The van der Waals surface area contributed by atoms with Crippen molar-refractivity contribution in [2.45, 2.75) is 19.9 Å². The van der Waals surface area contributed by atoms with Crippen LogP contribution in [0.25, 0.3) is 0 Å². The van der Waals surface area contributed by atoms with Gasteiger partial charge in [0.15, 0.2) is 0 Å². The third-order valence-corrected chi connectivity index (χ3v) is 4.75. The van der Waals surface area contributed by atoms with Gasteiger partial charge in [0.05, 0.1) is 12.8 Å². The fraction of sp³-hybridized carbons (Fsp3) is 0.450. The minimum Gasteiger partial charge on any atom is -0.495 e. The van der Waals surface area contributed by atoms with Gasteiger partial charge in [0.1, 0.15) is 18.1 Å². The Kier molecular flexibility index (Phi) is 6.52. The molecule has 1 aliphatic rings. The summed E-state index contributed by atoms with van der Waals surface area (Å²) < 4.78 is 6.69. The molecule has 1 saturated heterocycles. The lowest BCUT2D eigenvalue weighted by atomic mass is 10.2. The van der Waals surface area contributed by atoms with Gasteiger partial charge in [-0.25, -0.2) is 4.68 Å². The highest BCUT2D eigenvalue weighted by Gasteiger charge is 2.21. The van der Waals surface area contributed by atoms with E-state index in [0.29, 0.717) is 12.4 Å². The van der Waals surface area contributed by atoms with E-state index in [1.807, 2.05) is 25.1 Å². The van der Waals surface area contributed by atoms with Crippen molar-refractivity contribution in [2.24, 2.45) is 0 Å². The minimum atomic E-state index is -0.275. The SMILES string of the molecule is CCCNC(=O)Cn1nc(N2CCN(c3ccccc3OC)CC2)ccc1=O. The lowest BCUT2D eigenvalue weighted by Gasteiger charge is -2.37. The highest BCUT2D eigenvalue weighted by atomic mass is 16.5. The van der Waals surface area contributed by atoms with Crippen molar-refractivity contribution in [3.8, 4) is 5.75 Å². The Balaban J connectivity index is 1.66. The number of ether oxygens (including phenoxy) is 1. The number of methoxy groups -OCH3 is 1. The average Bonchev–Trinajstić information content (AvgIpc) is 2.74. The Labute approximate surface area is 164 Å². The van der Waals surface area contributed by atoms with Crippen molar-refractivity contribution in [1.82, 2.24) is 15.1 Å². The molecule has 28 heavy (non-hydrogen) atoms. The first-order valence-corrected chi connectivity index (χ1v) is 9.60. The molecule has 1 N–H and O–H groups in total. The van der Waals surface area contributed by atoms with Crippen LogP contribution in [0.15, 0.2) is 41.2 Å². The first-order chi connectivity index (χ1) is 13.6. The van der Waals surface area contributed by atoms with Gasteiger partial charge >= 0.3 is 0 Å². The molecule has 0 aliphatic carbocycles. The van der Waals surface area contributed by atoms with Crippen LogP contribution in [0.1, 0.15) is 13.3 Å². The second-order valence-corrected chi connectivity index (χ2v) is 6.68. The van der Waals surface area contributed by atoms with E-state index in [0.717, 1.165) is 44.0 Å². The summed E-state index contributed by atoms with van der Waals surface area (Å²) in [5.41, 5.74) is 0.804. The van der Waals surface area contributed by atoms with Gasteiger partial charge in [-0.2, -0.15) is 5.10 Å². The number of para-hydroxylation sites is 2. The van der Waals surface area contributed by atoms with Gasteiger partial charge in [-0.3, -0.25) is 9.59 Å². The molecule has 1 fully saturated rings. The van der Waals surface area contributed by atoms with E-state index in [4.69, 9.17) is 4.74 Å². The van der Waals surface area contributed by atoms with E-state index < -0.39 is 0 Å². The fourth-order valence-corrected chi connectivity index (χ4v) is 3.24. The summed E-state index contributed by atoms with van der Waals surface area (Å²) in [4.78, 5) is 28.4. The molecule has 2 aromatic rings. The van der Waals surface area contributed by atoms with E-state index in [9.17, 15) is 9.59 Å². The molecule has 0 bridgehead atoms. The number of hydrogen-bond donors (Lipinski definition) is 1. The molecule has 1 aromatic heterocycles. The zero-order chi connectivity index (χ0) is 19.9. The molecular formula is C20H27N5O3. The van der Waals surface area contributed by atoms with Crippen LogP contribution < -0.4 is 25.4 Å². The zero-order valence-corrected chi connectivity index (χ0v) is 16.4. The molecule has 0 spiro atoms. The van der Waals surface area contributed by atoms with Gasteiger partial charge in [-0.05, 0) is 24.6 Å². The molecule has 8 nitrogen and oxygen atoms in total. The third-order valence-electron chi connectivity index (χ3n) is 4.75. The molecule has 0 saturated carbocycles. The summed E-state index contributed by atoms with van der Waals surface area (Å²) in [5, 5.41) is 7.17. The Bertz CT molecular complexity index is 859. The van der Waals surface area contributed by atoms with Gasteiger partial charge < -0.3 is 19.9 Å². The topological polar surface area (TPSA) is 79.7 Å². The summed E-state index contributed by atoms with van der Waals surface area (Å²) >= 11 is 0. The summed E-state index contributed by atoms with van der Waals surface area (Å²) in [6, 6.07) is 11.2. The van der Waals surface area contributed by atoms with Crippen molar-refractivity contribution in [1.29, 1.82) is 0 Å². The molecule has 0 atom stereocenters. The maximum Gasteiger partial charge on any atom is 0.267 e. The first-order valence-electron chi connectivity index (χ1n) is 9.60. The van der Waals surface area contributed by atoms with Crippen LogP contribution in [0.3, 0.4) is 0 Å². The molecule has 1 amide bonds. The van der Waals surface area contributed by atoms with Crippen molar-refractivity contribution in [3.05, 3.63) is 46.8 Å². The summed E-state index contributed by atoms with van der Waals surface area (Å²) in [6.45, 7) is 5.69. The number of aromatic nitrogens is 2. The van der Waals surface area contributed by atoms with Gasteiger partial charge in [0.2, 0.25) is 5.91 Å². The maximum atomic E-state index is 12.1. The van der Waals surface area contributed by atoms with Crippen molar-refractivity contribution in [2.75, 3.05) is 49.6 Å². The lowest BCUT2D eigenvalue weighted by molar-refractivity contribution is -0.121. The van der Waals surface area contributed by atoms with E-state index in [-0.39, 0.29) is 18.0 Å². The molecule has 8 heteroatoms. The maximum absolute atomic E-state index is 12.1. The Hall–Kier alpha value is -3.03. The van der Waals surface area contributed by atoms with E-state index >= 15 is 0 Å². The summed E-state index contributed by atoms with van der Waals surface area (Å²) in [7, 11) is 1.68. The number of carbonyl (C=O) groups is 1. The Morgan fingerprint density at radius 1 is 1.11 bits per heavy atom. The number of anilines is 2. The third kappa shape index (κ3) is 4.62. The van der Waals surface area contributed by atoms with Crippen molar-refractivity contribution >= 4 is 17.4 Å². The summed E-state index contributed by atoms with van der Waals surface area (Å²) in [5.74, 6) is 1.37. The predicted octanol–water partition coefficient (Wildman–Crippen LogP) is 1.10. The standard InChI is InChI=1S/C20H27N5O3/c1-3-10-21-19(26)15-25-20(27)9-8-18(22-25)24-13-11-23(12-14-24)16-6-4-5-7-17(16)28-2/h4-9H,3,10-15H2,1-2H3,(H,21,26). The predicted molar refractivity (Wildman–Crippen MR) is 109 cm³/mol.